The van der Waals surface area contributed by atoms with Crippen molar-refractivity contribution in [3.05, 3.63) is 64.0 Å². The fourth-order valence-electron chi connectivity index (χ4n) is 2.18. The molecule has 0 aliphatic carbocycles. The van der Waals surface area contributed by atoms with Crippen LogP contribution in [0.2, 0.25) is 0 Å². The Bertz CT molecular complexity index is 1030. The summed E-state index contributed by atoms with van der Waals surface area (Å²) in [5.74, 6) is -1.29. The van der Waals surface area contributed by atoms with E-state index in [-0.39, 0.29) is 17.1 Å². The third kappa shape index (κ3) is 5.02. The zero-order valence-corrected chi connectivity index (χ0v) is 16.1. The number of non-ortho nitro benzene ring substituents is 1. The van der Waals surface area contributed by atoms with Crippen LogP contribution in [0.5, 0.6) is 0 Å². The van der Waals surface area contributed by atoms with Gasteiger partial charge >= 0.3 is 0 Å². The van der Waals surface area contributed by atoms with Gasteiger partial charge in [0.25, 0.3) is 5.69 Å². The van der Waals surface area contributed by atoms with Gasteiger partial charge in [-0.05, 0) is 24.6 Å². The maximum Gasteiger partial charge on any atom is 0.271 e. The first-order chi connectivity index (χ1) is 13.4. The summed E-state index contributed by atoms with van der Waals surface area (Å²) in [5, 5.41) is 24.9. The summed E-state index contributed by atoms with van der Waals surface area (Å²) in [6.45, 7) is 1.97. The minimum Gasteiger partial charge on any atom is -0.330 e. The highest BCUT2D eigenvalue weighted by molar-refractivity contribution is 8.01. The van der Waals surface area contributed by atoms with Crippen molar-refractivity contribution in [2.24, 2.45) is 0 Å². The van der Waals surface area contributed by atoms with E-state index in [9.17, 15) is 19.3 Å². The Morgan fingerprint density at radius 1 is 1.25 bits per heavy atom. The van der Waals surface area contributed by atoms with E-state index < -0.39 is 16.6 Å². The molecule has 1 amide bonds. The van der Waals surface area contributed by atoms with Crippen molar-refractivity contribution in [2.75, 3.05) is 16.4 Å². The molecule has 28 heavy (non-hydrogen) atoms. The van der Waals surface area contributed by atoms with E-state index in [1.54, 1.807) is 0 Å². The number of nitrogens with zero attached hydrogens (tertiary/aromatic N) is 3. The van der Waals surface area contributed by atoms with E-state index in [0.29, 0.717) is 9.47 Å². The molecule has 0 spiro atoms. The van der Waals surface area contributed by atoms with Crippen molar-refractivity contribution >= 4 is 51.2 Å². The number of rotatable bonds is 7. The predicted molar refractivity (Wildman–Crippen MR) is 107 cm³/mol. The fraction of sp³-hybridized carbons (Fsp3) is 0.118. The topological polar surface area (TPSA) is 110 Å². The molecule has 1 heterocycles. The van der Waals surface area contributed by atoms with Gasteiger partial charge in [-0.15, -0.1) is 10.2 Å². The number of carbonyl (C=O) groups excluding carboxylic acids is 1. The van der Waals surface area contributed by atoms with Crippen LogP contribution in [0, 0.1) is 22.9 Å². The normalized spacial score (nSPS) is 10.5. The highest BCUT2D eigenvalue weighted by Gasteiger charge is 2.14. The Kier molecular flexibility index (Phi) is 6.16. The average molecular weight is 419 g/mol. The van der Waals surface area contributed by atoms with E-state index in [0.717, 1.165) is 41.2 Å². The van der Waals surface area contributed by atoms with Crippen LogP contribution in [-0.4, -0.2) is 26.8 Å². The maximum absolute atomic E-state index is 13.7. The molecule has 0 fully saturated rings. The minimum absolute atomic E-state index is 0.0405. The Morgan fingerprint density at radius 3 is 2.79 bits per heavy atom. The first-order valence-corrected chi connectivity index (χ1v) is 9.75. The minimum atomic E-state index is -0.746. The number of thioether (sulfide) groups is 1. The fourth-order valence-corrected chi connectivity index (χ4v) is 3.75. The Balaban J connectivity index is 1.57. The molecule has 0 saturated carbocycles. The molecule has 0 unspecified atom stereocenters. The predicted octanol–water partition coefficient (Wildman–Crippen LogP) is 4.37. The summed E-state index contributed by atoms with van der Waals surface area (Å²) >= 11 is 2.42. The molecular weight excluding hydrogens is 405 g/mol. The smallest absolute Gasteiger partial charge is 0.271 e. The van der Waals surface area contributed by atoms with Gasteiger partial charge in [-0.1, -0.05) is 41.3 Å². The van der Waals surface area contributed by atoms with Crippen molar-refractivity contribution in [1.82, 2.24) is 10.2 Å². The Morgan fingerprint density at radius 2 is 2.04 bits per heavy atom. The third-order valence-corrected chi connectivity index (χ3v) is 5.53. The second-order valence-electron chi connectivity index (χ2n) is 5.57. The first-order valence-electron chi connectivity index (χ1n) is 7.95. The van der Waals surface area contributed by atoms with E-state index in [2.05, 4.69) is 20.8 Å². The molecule has 3 aromatic rings. The van der Waals surface area contributed by atoms with Crippen LogP contribution in [-0.2, 0) is 4.79 Å². The van der Waals surface area contributed by atoms with Crippen LogP contribution in [0.1, 0.15) is 5.56 Å². The highest BCUT2D eigenvalue weighted by Crippen LogP contribution is 2.29. The molecular formula is C17H14FN5O3S2. The molecule has 2 aromatic carbocycles. The number of amides is 1. The number of hydrogen-bond donors (Lipinski definition) is 2. The number of carbonyl (C=O) groups is 1. The number of nitro benzene ring substituents is 1. The lowest BCUT2D eigenvalue weighted by atomic mass is 10.2. The van der Waals surface area contributed by atoms with Crippen LogP contribution in [0.25, 0.3) is 0 Å². The first kappa shape index (κ1) is 19.7. The van der Waals surface area contributed by atoms with E-state index in [4.69, 9.17) is 0 Å². The van der Waals surface area contributed by atoms with Gasteiger partial charge < -0.3 is 10.6 Å². The number of nitro groups is 1. The summed E-state index contributed by atoms with van der Waals surface area (Å²) in [6, 6.07) is 10.7. The van der Waals surface area contributed by atoms with Gasteiger partial charge in [0.05, 0.1) is 16.4 Å². The summed E-state index contributed by atoms with van der Waals surface area (Å²) in [7, 11) is 0. The largest absolute Gasteiger partial charge is 0.330 e. The maximum atomic E-state index is 13.7. The molecule has 2 N–H and O–H groups in total. The molecule has 0 atom stereocenters. The molecule has 1 aromatic heterocycles. The van der Waals surface area contributed by atoms with Gasteiger partial charge in [-0.2, -0.15) is 0 Å². The Labute approximate surface area is 167 Å². The van der Waals surface area contributed by atoms with Gasteiger partial charge in [0.2, 0.25) is 11.0 Å². The SMILES string of the molecule is Cc1ccccc1Nc1nnc(SCC(=O)Nc2cc([N+](=O)[O-])ccc2F)s1. The van der Waals surface area contributed by atoms with Crippen LogP contribution >= 0.6 is 23.1 Å². The molecule has 8 nitrogen and oxygen atoms in total. The molecule has 0 bridgehead atoms. The monoisotopic (exact) mass is 419 g/mol. The van der Waals surface area contributed by atoms with Crippen LogP contribution in [0.4, 0.5) is 26.6 Å². The van der Waals surface area contributed by atoms with Crippen LogP contribution in [0.3, 0.4) is 0 Å². The summed E-state index contributed by atoms with van der Waals surface area (Å²) < 4.78 is 14.3. The number of halogens is 1. The van der Waals surface area contributed by atoms with Crippen LogP contribution < -0.4 is 10.6 Å². The van der Waals surface area contributed by atoms with Gasteiger partial charge in [-0.3, -0.25) is 14.9 Å². The van der Waals surface area contributed by atoms with Gasteiger partial charge in [-0.25, -0.2) is 4.39 Å². The van der Waals surface area contributed by atoms with E-state index >= 15 is 0 Å². The molecule has 3 rings (SSSR count). The van der Waals surface area contributed by atoms with E-state index in [1.165, 1.54) is 11.3 Å². The standard InChI is InChI=1S/C17H14FN5O3S2/c1-10-4-2-3-5-13(10)20-16-21-22-17(28-16)27-9-15(24)19-14-8-11(23(25)26)6-7-12(14)18/h2-8H,9H2,1H3,(H,19,24)(H,20,21). The molecule has 0 aliphatic rings. The van der Waals surface area contributed by atoms with Gasteiger partial charge in [0.1, 0.15) is 5.82 Å². The molecule has 0 aliphatic heterocycles. The molecule has 144 valence electrons. The third-order valence-electron chi connectivity index (χ3n) is 3.55. The quantitative estimate of drug-likeness (QED) is 0.332. The van der Waals surface area contributed by atoms with Gasteiger partial charge in [0, 0.05) is 17.8 Å². The lowest BCUT2D eigenvalue weighted by Crippen LogP contribution is -2.15. The van der Waals surface area contributed by atoms with Crippen molar-refractivity contribution in [1.29, 1.82) is 0 Å². The second kappa shape index (κ2) is 8.76. The van der Waals surface area contributed by atoms with Gasteiger partial charge in [0.15, 0.2) is 4.34 Å². The second-order valence-corrected chi connectivity index (χ2v) is 7.77. The average Bonchev–Trinajstić information content (AvgIpc) is 3.11. The summed E-state index contributed by atoms with van der Waals surface area (Å²) in [5.41, 5.74) is 1.43. The van der Waals surface area contributed by atoms with Crippen LogP contribution in [0.15, 0.2) is 46.8 Å². The zero-order chi connectivity index (χ0) is 20.1. The van der Waals surface area contributed by atoms with Crippen molar-refractivity contribution < 1.29 is 14.1 Å². The molecule has 11 heteroatoms. The van der Waals surface area contributed by atoms with Crippen molar-refractivity contribution in [2.45, 2.75) is 11.3 Å². The lowest BCUT2D eigenvalue weighted by Gasteiger charge is -2.05. The molecule has 0 radical (unpaired) electrons. The lowest BCUT2D eigenvalue weighted by molar-refractivity contribution is -0.384. The number of hydrogen-bond acceptors (Lipinski definition) is 8. The number of nitrogens with one attached hydrogen (secondary N) is 2. The highest BCUT2D eigenvalue weighted by atomic mass is 32.2. The number of aromatic nitrogens is 2. The van der Waals surface area contributed by atoms with Crippen molar-refractivity contribution in [3.63, 3.8) is 0 Å². The molecule has 0 saturated heterocycles. The number of anilines is 3. The Hall–Kier alpha value is -3.05. The van der Waals surface area contributed by atoms with Crippen molar-refractivity contribution in [3.8, 4) is 0 Å². The summed E-state index contributed by atoms with van der Waals surface area (Å²) in [6.07, 6.45) is 0. The number of para-hydroxylation sites is 1. The number of benzene rings is 2. The zero-order valence-electron chi connectivity index (χ0n) is 14.5. The van der Waals surface area contributed by atoms with E-state index in [1.807, 2.05) is 31.2 Å². The number of aryl methyl sites for hydroxylation is 1. The summed E-state index contributed by atoms with van der Waals surface area (Å²) in [4.78, 5) is 22.1.